The third kappa shape index (κ3) is 4.69. The van der Waals surface area contributed by atoms with Crippen LogP contribution in [0.2, 0.25) is 0 Å². The van der Waals surface area contributed by atoms with Gasteiger partial charge in [0.15, 0.2) is 11.6 Å². The highest BCUT2D eigenvalue weighted by Crippen LogP contribution is 2.34. The second kappa shape index (κ2) is 8.75. The minimum Gasteiger partial charge on any atom is -0.206 e. The van der Waals surface area contributed by atoms with Gasteiger partial charge in [0.1, 0.15) is 5.82 Å². The zero-order valence-electron chi connectivity index (χ0n) is 19.1. The van der Waals surface area contributed by atoms with Gasteiger partial charge in [-0.15, -0.1) is 0 Å². The van der Waals surface area contributed by atoms with E-state index >= 15 is 0 Å². The Morgan fingerprint density at radius 2 is 1.58 bits per heavy atom. The molecule has 0 nitrogen and oxygen atoms in total. The third-order valence-corrected chi connectivity index (χ3v) is 5.44. The summed E-state index contributed by atoms with van der Waals surface area (Å²) in [6, 6.07) is -0.220. The minimum absolute atomic E-state index is 0.314. The molecule has 2 aromatic carbocycles. The molecule has 140 valence electrons. The second-order valence-electron chi connectivity index (χ2n) is 7.30. The Hall–Kier alpha value is -1.77. The first-order valence-corrected chi connectivity index (χ1v) is 9.49. The van der Waals surface area contributed by atoms with Crippen LogP contribution in [0.3, 0.4) is 0 Å². The maximum absolute atomic E-state index is 14.9. The molecule has 1 aliphatic rings. The van der Waals surface area contributed by atoms with Crippen LogP contribution >= 0.6 is 0 Å². The first-order chi connectivity index (χ1) is 14.3. The SMILES string of the molecule is [2H]c1c(CCC2CCC(CCC)CC2)ccc(-c2c([2H])c([2H])c(F)c(F)c2[2H])c1F. The molecule has 3 rings (SSSR count). The normalized spacial score (nSPS) is 22.5. The topological polar surface area (TPSA) is 0 Å². The molecule has 0 radical (unpaired) electrons. The average Bonchev–Trinajstić information content (AvgIpc) is 2.74. The van der Waals surface area contributed by atoms with Crippen LogP contribution < -0.4 is 0 Å². The summed E-state index contributed by atoms with van der Waals surface area (Å²) >= 11 is 0. The highest BCUT2D eigenvalue weighted by atomic mass is 19.2. The molecule has 0 saturated heterocycles. The lowest BCUT2D eigenvalue weighted by Gasteiger charge is -2.28. The van der Waals surface area contributed by atoms with Gasteiger partial charge in [0.2, 0.25) is 0 Å². The number of benzene rings is 2. The standard InChI is InChI=1S/C23H27F3/c1-2-3-16-4-6-17(7-5-16)8-9-18-10-12-20(22(25)14-18)19-11-13-21(24)23(26)15-19/h10-17H,2-9H2,1H3/i11D,13D,14D,15D. The molecule has 0 aromatic heterocycles. The van der Waals surface area contributed by atoms with Gasteiger partial charge in [-0.2, -0.15) is 0 Å². The van der Waals surface area contributed by atoms with E-state index in [1.165, 1.54) is 31.7 Å². The molecule has 0 bridgehead atoms. The van der Waals surface area contributed by atoms with E-state index in [0.717, 1.165) is 25.2 Å². The van der Waals surface area contributed by atoms with Crippen LogP contribution in [-0.2, 0) is 6.42 Å². The van der Waals surface area contributed by atoms with Crippen molar-refractivity contribution in [3.63, 3.8) is 0 Å². The lowest BCUT2D eigenvalue weighted by molar-refractivity contribution is 0.252. The monoisotopic (exact) mass is 364 g/mol. The highest BCUT2D eigenvalue weighted by molar-refractivity contribution is 5.64. The van der Waals surface area contributed by atoms with E-state index in [2.05, 4.69) is 6.92 Å². The Bertz CT molecular complexity index is 892. The van der Waals surface area contributed by atoms with Crippen molar-refractivity contribution in [1.29, 1.82) is 0 Å². The molecule has 0 heterocycles. The average molecular weight is 364 g/mol. The fourth-order valence-electron chi connectivity index (χ4n) is 3.93. The quantitative estimate of drug-likeness (QED) is 0.504. The zero-order valence-corrected chi connectivity index (χ0v) is 15.1. The van der Waals surface area contributed by atoms with Crippen molar-refractivity contribution < 1.29 is 18.7 Å². The number of halogens is 3. The first kappa shape index (κ1) is 14.3. The van der Waals surface area contributed by atoms with Crippen LogP contribution in [0.25, 0.3) is 11.1 Å². The molecule has 1 saturated carbocycles. The smallest absolute Gasteiger partial charge is 0.159 e. The van der Waals surface area contributed by atoms with Crippen molar-refractivity contribution in [2.45, 2.75) is 58.3 Å². The minimum atomic E-state index is -1.59. The molecule has 0 N–H and O–H groups in total. The molecule has 2 aromatic rings. The van der Waals surface area contributed by atoms with Crippen LogP contribution in [-0.4, -0.2) is 0 Å². The van der Waals surface area contributed by atoms with Gasteiger partial charge in [-0.3, -0.25) is 0 Å². The molecule has 0 amide bonds. The maximum Gasteiger partial charge on any atom is 0.159 e. The zero-order chi connectivity index (χ0) is 22.0. The maximum atomic E-state index is 14.9. The van der Waals surface area contributed by atoms with Gasteiger partial charge in [0, 0.05) is 5.56 Å². The van der Waals surface area contributed by atoms with Crippen LogP contribution in [0, 0.1) is 29.3 Å². The van der Waals surface area contributed by atoms with Crippen molar-refractivity contribution in [3.05, 3.63) is 59.3 Å². The Balaban J connectivity index is 1.79. The second-order valence-corrected chi connectivity index (χ2v) is 7.30. The molecular weight excluding hydrogens is 333 g/mol. The summed E-state index contributed by atoms with van der Waals surface area (Å²) in [6.45, 7) is 2.21. The van der Waals surface area contributed by atoms with Crippen molar-refractivity contribution in [2.75, 3.05) is 0 Å². The molecule has 0 atom stereocenters. The van der Waals surface area contributed by atoms with Crippen molar-refractivity contribution in [3.8, 4) is 11.1 Å². The molecule has 1 fully saturated rings. The fourth-order valence-corrected chi connectivity index (χ4v) is 3.93. The Kier molecular flexibility index (Phi) is 4.81. The van der Waals surface area contributed by atoms with E-state index in [-0.39, 0.29) is 11.6 Å². The molecule has 0 aliphatic heterocycles. The number of aryl methyl sites for hydroxylation is 1. The summed E-state index contributed by atoms with van der Waals surface area (Å²) in [5, 5.41) is 0. The fraction of sp³-hybridized carbons (Fsp3) is 0.478. The number of hydrogen-bond donors (Lipinski definition) is 0. The molecule has 1 aliphatic carbocycles. The summed E-state index contributed by atoms with van der Waals surface area (Å²) in [7, 11) is 0. The molecule has 0 spiro atoms. The summed E-state index contributed by atoms with van der Waals surface area (Å²) in [5.41, 5.74) is -0.282. The summed E-state index contributed by atoms with van der Waals surface area (Å²) in [6.07, 6.45) is 8.68. The Morgan fingerprint density at radius 1 is 0.885 bits per heavy atom. The molecule has 26 heavy (non-hydrogen) atoms. The van der Waals surface area contributed by atoms with E-state index in [1.54, 1.807) is 6.07 Å². The van der Waals surface area contributed by atoms with Crippen LogP contribution in [0.1, 0.15) is 62.9 Å². The van der Waals surface area contributed by atoms with E-state index in [1.807, 2.05) is 0 Å². The molecular formula is C23H27F3. The van der Waals surface area contributed by atoms with E-state index in [9.17, 15) is 13.2 Å². The number of hydrogen-bond acceptors (Lipinski definition) is 0. The summed E-state index contributed by atoms with van der Waals surface area (Å²) < 4.78 is 73.7. The van der Waals surface area contributed by atoms with E-state index in [4.69, 9.17) is 5.48 Å². The number of rotatable bonds is 6. The Morgan fingerprint density at radius 3 is 2.27 bits per heavy atom. The summed E-state index contributed by atoms with van der Waals surface area (Å²) in [4.78, 5) is 0. The van der Waals surface area contributed by atoms with Crippen molar-refractivity contribution in [2.24, 2.45) is 11.8 Å². The first-order valence-electron chi connectivity index (χ1n) is 11.5. The predicted octanol–water partition coefficient (Wildman–Crippen LogP) is 7.31. The van der Waals surface area contributed by atoms with Crippen molar-refractivity contribution >= 4 is 0 Å². The van der Waals surface area contributed by atoms with Gasteiger partial charge in [-0.1, -0.05) is 63.6 Å². The van der Waals surface area contributed by atoms with Gasteiger partial charge in [-0.05, 0) is 53.9 Å². The predicted molar refractivity (Wildman–Crippen MR) is 100 cm³/mol. The lowest BCUT2D eigenvalue weighted by Crippen LogP contribution is -2.15. The van der Waals surface area contributed by atoms with E-state index < -0.39 is 41.1 Å². The Labute approximate surface area is 160 Å². The van der Waals surface area contributed by atoms with Crippen LogP contribution in [0.4, 0.5) is 13.2 Å². The van der Waals surface area contributed by atoms with Gasteiger partial charge in [0.25, 0.3) is 0 Å². The summed E-state index contributed by atoms with van der Waals surface area (Å²) in [5.74, 6) is -2.76. The van der Waals surface area contributed by atoms with Crippen LogP contribution in [0.5, 0.6) is 0 Å². The van der Waals surface area contributed by atoms with Gasteiger partial charge < -0.3 is 0 Å². The molecule has 3 heteroatoms. The van der Waals surface area contributed by atoms with Crippen LogP contribution in [0.15, 0.2) is 36.3 Å². The highest BCUT2D eigenvalue weighted by Gasteiger charge is 2.20. The third-order valence-electron chi connectivity index (χ3n) is 5.44. The molecule has 0 unspecified atom stereocenters. The largest absolute Gasteiger partial charge is 0.206 e. The van der Waals surface area contributed by atoms with Gasteiger partial charge >= 0.3 is 0 Å². The lowest BCUT2D eigenvalue weighted by atomic mass is 9.78. The van der Waals surface area contributed by atoms with E-state index in [0.29, 0.717) is 17.9 Å². The van der Waals surface area contributed by atoms with Crippen molar-refractivity contribution in [1.82, 2.24) is 0 Å². The van der Waals surface area contributed by atoms with Gasteiger partial charge in [-0.25, -0.2) is 13.2 Å². The van der Waals surface area contributed by atoms with Gasteiger partial charge in [0.05, 0.1) is 5.48 Å².